The van der Waals surface area contributed by atoms with Crippen molar-refractivity contribution in [3.05, 3.63) is 47.7 Å². The number of hydrogen-bond donors (Lipinski definition) is 2. The molecule has 1 atom stereocenters. The molecule has 2 aromatic heterocycles. The van der Waals surface area contributed by atoms with E-state index in [4.69, 9.17) is 0 Å². The second kappa shape index (κ2) is 6.18. The van der Waals surface area contributed by atoms with Gasteiger partial charge in [-0.15, -0.1) is 0 Å². The number of nitrogens with zero attached hydrogens (tertiary/aromatic N) is 3. The molecular formula is C16H21N5. The maximum atomic E-state index is 4.49. The molecule has 0 amide bonds. The minimum atomic E-state index is 0.153. The predicted molar refractivity (Wildman–Crippen MR) is 82.9 cm³/mol. The van der Waals surface area contributed by atoms with Crippen molar-refractivity contribution in [3.63, 3.8) is 0 Å². The second-order valence-corrected chi connectivity index (χ2v) is 5.69. The molecule has 110 valence electrons. The van der Waals surface area contributed by atoms with Crippen LogP contribution >= 0.6 is 0 Å². The average molecular weight is 283 g/mol. The van der Waals surface area contributed by atoms with Gasteiger partial charge in [0, 0.05) is 18.3 Å². The molecule has 0 radical (unpaired) electrons. The molecule has 5 heteroatoms. The Hall–Kier alpha value is -2.01. The third-order valence-corrected chi connectivity index (χ3v) is 3.84. The molecule has 0 aromatic carbocycles. The van der Waals surface area contributed by atoms with Crippen LogP contribution in [0.4, 0.5) is 5.82 Å². The van der Waals surface area contributed by atoms with Gasteiger partial charge in [0.05, 0.1) is 17.4 Å². The number of rotatable bonds is 4. The van der Waals surface area contributed by atoms with Crippen LogP contribution in [0.25, 0.3) is 0 Å². The zero-order chi connectivity index (χ0) is 14.7. The summed E-state index contributed by atoms with van der Waals surface area (Å²) >= 11 is 0. The molecule has 2 N–H and O–H groups in total. The second-order valence-electron chi connectivity index (χ2n) is 5.69. The fraction of sp³-hybridized carbons (Fsp3) is 0.438. The summed E-state index contributed by atoms with van der Waals surface area (Å²) in [5.74, 6) is 1.37. The van der Waals surface area contributed by atoms with Gasteiger partial charge < -0.3 is 10.6 Å². The van der Waals surface area contributed by atoms with Gasteiger partial charge in [-0.3, -0.25) is 4.98 Å². The molecule has 0 fully saturated rings. The van der Waals surface area contributed by atoms with E-state index in [2.05, 4.69) is 45.5 Å². The zero-order valence-corrected chi connectivity index (χ0v) is 12.5. The Balaban J connectivity index is 1.90. The van der Waals surface area contributed by atoms with E-state index in [0.29, 0.717) is 5.92 Å². The smallest absolute Gasteiger partial charge is 0.133 e. The van der Waals surface area contributed by atoms with Gasteiger partial charge in [-0.2, -0.15) is 0 Å². The van der Waals surface area contributed by atoms with Gasteiger partial charge in [0.2, 0.25) is 0 Å². The Labute approximate surface area is 125 Å². The van der Waals surface area contributed by atoms with Gasteiger partial charge in [0.15, 0.2) is 0 Å². The molecule has 3 rings (SSSR count). The lowest BCUT2D eigenvalue weighted by Gasteiger charge is -2.25. The van der Waals surface area contributed by atoms with Gasteiger partial charge in [-0.1, -0.05) is 19.9 Å². The van der Waals surface area contributed by atoms with E-state index in [1.165, 1.54) is 5.56 Å². The first-order valence-electron chi connectivity index (χ1n) is 7.46. The summed E-state index contributed by atoms with van der Waals surface area (Å²) in [6, 6.07) is 6.19. The summed E-state index contributed by atoms with van der Waals surface area (Å²) in [6.07, 6.45) is 4.45. The van der Waals surface area contributed by atoms with Crippen LogP contribution < -0.4 is 10.6 Å². The molecule has 0 saturated heterocycles. The van der Waals surface area contributed by atoms with E-state index < -0.39 is 0 Å². The SMILES string of the molecule is CC(C)C(Nc1ncnc2c1CCNC2)c1ccccn1. The van der Waals surface area contributed by atoms with Crippen LogP contribution in [-0.4, -0.2) is 21.5 Å². The van der Waals surface area contributed by atoms with E-state index in [-0.39, 0.29) is 6.04 Å². The highest BCUT2D eigenvalue weighted by Crippen LogP contribution is 2.27. The number of anilines is 1. The van der Waals surface area contributed by atoms with Crippen LogP contribution in [0.15, 0.2) is 30.7 Å². The minimum absolute atomic E-state index is 0.153. The number of aromatic nitrogens is 3. The first-order chi connectivity index (χ1) is 10.3. The molecule has 21 heavy (non-hydrogen) atoms. The normalized spacial score (nSPS) is 15.6. The van der Waals surface area contributed by atoms with Crippen LogP contribution in [0, 0.1) is 5.92 Å². The topological polar surface area (TPSA) is 62.7 Å². The van der Waals surface area contributed by atoms with Crippen molar-refractivity contribution in [1.29, 1.82) is 0 Å². The largest absolute Gasteiger partial charge is 0.361 e. The molecule has 2 aromatic rings. The Morgan fingerprint density at radius 1 is 1.19 bits per heavy atom. The molecule has 1 aliphatic rings. The lowest BCUT2D eigenvalue weighted by molar-refractivity contribution is 0.530. The van der Waals surface area contributed by atoms with Gasteiger partial charge in [0.25, 0.3) is 0 Å². The van der Waals surface area contributed by atoms with Crippen molar-refractivity contribution in [1.82, 2.24) is 20.3 Å². The van der Waals surface area contributed by atoms with E-state index in [0.717, 1.165) is 36.7 Å². The summed E-state index contributed by atoms with van der Waals surface area (Å²) in [7, 11) is 0. The highest BCUT2D eigenvalue weighted by Gasteiger charge is 2.21. The lowest BCUT2D eigenvalue weighted by atomic mass is 9.99. The highest BCUT2D eigenvalue weighted by atomic mass is 15.1. The average Bonchev–Trinajstić information content (AvgIpc) is 2.53. The first-order valence-corrected chi connectivity index (χ1v) is 7.46. The zero-order valence-electron chi connectivity index (χ0n) is 12.5. The van der Waals surface area contributed by atoms with Crippen LogP contribution in [0.3, 0.4) is 0 Å². The number of fused-ring (bicyclic) bond motifs is 1. The number of pyridine rings is 1. The van der Waals surface area contributed by atoms with Crippen molar-refractivity contribution in [2.24, 2.45) is 5.92 Å². The van der Waals surface area contributed by atoms with Crippen molar-refractivity contribution < 1.29 is 0 Å². The Bertz CT molecular complexity index is 597. The fourth-order valence-corrected chi connectivity index (χ4v) is 2.70. The van der Waals surface area contributed by atoms with E-state index in [9.17, 15) is 0 Å². The van der Waals surface area contributed by atoms with Crippen molar-refractivity contribution >= 4 is 5.82 Å². The van der Waals surface area contributed by atoms with Crippen molar-refractivity contribution in [2.45, 2.75) is 32.9 Å². The van der Waals surface area contributed by atoms with Crippen LogP contribution in [0.1, 0.15) is 36.8 Å². The van der Waals surface area contributed by atoms with Gasteiger partial charge >= 0.3 is 0 Å². The Morgan fingerprint density at radius 2 is 2.10 bits per heavy atom. The van der Waals surface area contributed by atoms with Gasteiger partial charge in [0.1, 0.15) is 12.1 Å². The molecule has 5 nitrogen and oxygen atoms in total. The standard InChI is InChI=1S/C16H21N5/c1-11(2)15(13-5-3-4-7-18-13)21-16-12-6-8-17-9-14(12)19-10-20-16/h3-5,7,10-11,15,17H,6,8-9H2,1-2H3,(H,19,20,21). The third kappa shape index (κ3) is 3.03. The summed E-state index contributed by atoms with van der Waals surface area (Å²) in [6.45, 7) is 6.19. The van der Waals surface area contributed by atoms with E-state index in [1.807, 2.05) is 18.3 Å². The maximum Gasteiger partial charge on any atom is 0.133 e. The van der Waals surface area contributed by atoms with Crippen LogP contribution in [0.5, 0.6) is 0 Å². The molecule has 0 spiro atoms. The molecule has 0 saturated carbocycles. The monoisotopic (exact) mass is 283 g/mol. The lowest BCUT2D eigenvalue weighted by Crippen LogP contribution is -2.27. The third-order valence-electron chi connectivity index (χ3n) is 3.84. The molecule has 0 bridgehead atoms. The molecule has 1 aliphatic heterocycles. The fourth-order valence-electron chi connectivity index (χ4n) is 2.70. The highest BCUT2D eigenvalue weighted by molar-refractivity contribution is 5.48. The molecule has 1 unspecified atom stereocenters. The van der Waals surface area contributed by atoms with E-state index in [1.54, 1.807) is 6.33 Å². The molecule has 0 aliphatic carbocycles. The van der Waals surface area contributed by atoms with Gasteiger partial charge in [-0.25, -0.2) is 9.97 Å². The van der Waals surface area contributed by atoms with Crippen molar-refractivity contribution in [2.75, 3.05) is 11.9 Å². The summed E-state index contributed by atoms with van der Waals surface area (Å²) in [5.41, 5.74) is 3.38. The summed E-state index contributed by atoms with van der Waals surface area (Å²) in [5, 5.41) is 6.93. The Morgan fingerprint density at radius 3 is 2.86 bits per heavy atom. The minimum Gasteiger partial charge on any atom is -0.361 e. The summed E-state index contributed by atoms with van der Waals surface area (Å²) < 4.78 is 0. The molecular weight excluding hydrogens is 262 g/mol. The van der Waals surface area contributed by atoms with Crippen molar-refractivity contribution in [3.8, 4) is 0 Å². The van der Waals surface area contributed by atoms with Crippen LogP contribution in [0.2, 0.25) is 0 Å². The molecule has 3 heterocycles. The quantitative estimate of drug-likeness (QED) is 0.901. The number of nitrogens with one attached hydrogen (secondary N) is 2. The summed E-state index contributed by atoms with van der Waals surface area (Å²) in [4.78, 5) is 13.3. The van der Waals surface area contributed by atoms with Crippen LogP contribution in [-0.2, 0) is 13.0 Å². The van der Waals surface area contributed by atoms with Gasteiger partial charge in [-0.05, 0) is 31.0 Å². The van der Waals surface area contributed by atoms with E-state index >= 15 is 0 Å². The number of hydrogen-bond acceptors (Lipinski definition) is 5. The first kappa shape index (κ1) is 13.9. The predicted octanol–water partition coefficient (Wildman–Crippen LogP) is 2.33. The maximum absolute atomic E-state index is 4.49. The Kier molecular flexibility index (Phi) is 4.10.